The van der Waals surface area contributed by atoms with Gasteiger partial charge in [0.1, 0.15) is 5.69 Å². The largest absolute Gasteiger partial charge is 0.343 e. The van der Waals surface area contributed by atoms with Gasteiger partial charge in [-0.2, -0.15) is 5.10 Å². The fraction of sp³-hybridized carbons (Fsp3) is 0.200. The van der Waals surface area contributed by atoms with Crippen LogP contribution in [0.5, 0.6) is 0 Å². The smallest absolute Gasteiger partial charge is 0.282 e. The van der Waals surface area contributed by atoms with Gasteiger partial charge in [-0.15, -0.1) is 0 Å². The summed E-state index contributed by atoms with van der Waals surface area (Å²) in [6.07, 6.45) is 1.64. The third-order valence-electron chi connectivity index (χ3n) is 3.64. The number of hydrogen-bond acceptors (Lipinski definition) is 3. The van der Waals surface area contributed by atoms with Gasteiger partial charge in [-0.25, -0.2) is 18.3 Å². The predicted molar refractivity (Wildman–Crippen MR) is 80.6 cm³/mol. The molecule has 0 bridgehead atoms. The zero-order valence-electron chi connectivity index (χ0n) is 11.4. The molecule has 1 aliphatic rings. The first-order valence-corrected chi connectivity index (χ1v) is 7.14. The molecular weight excluding hydrogens is 310 g/mol. The summed E-state index contributed by atoms with van der Waals surface area (Å²) in [7, 11) is 0. The summed E-state index contributed by atoms with van der Waals surface area (Å²) in [5, 5.41) is 4.90. The van der Waals surface area contributed by atoms with Crippen LogP contribution in [-0.4, -0.2) is 33.6 Å². The van der Waals surface area contributed by atoms with Crippen LogP contribution in [0.15, 0.2) is 42.6 Å². The van der Waals surface area contributed by atoms with Gasteiger partial charge in [0.05, 0.1) is 13.1 Å². The fourth-order valence-corrected chi connectivity index (χ4v) is 2.74. The Morgan fingerprint density at radius 2 is 1.82 bits per heavy atom. The lowest BCUT2D eigenvalue weighted by Crippen LogP contribution is -2.56. The van der Waals surface area contributed by atoms with E-state index in [1.807, 2.05) is 12.1 Å². The molecule has 1 fully saturated rings. The lowest BCUT2D eigenvalue weighted by molar-refractivity contribution is -0.0265. The van der Waals surface area contributed by atoms with Crippen LogP contribution in [-0.2, 0) is 0 Å². The second-order valence-corrected chi connectivity index (χ2v) is 5.73. The molecule has 0 aliphatic carbocycles. The van der Waals surface area contributed by atoms with Crippen molar-refractivity contribution in [2.45, 2.75) is 5.92 Å². The van der Waals surface area contributed by atoms with Crippen LogP contribution >= 0.6 is 11.6 Å². The molecule has 0 spiro atoms. The van der Waals surface area contributed by atoms with E-state index in [-0.39, 0.29) is 13.1 Å². The van der Waals surface area contributed by atoms with E-state index in [9.17, 15) is 8.78 Å². The molecule has 1 saturated heterocycles. The molecule has 22 heavy (non-hydrogen) atoms. The van der Waals surface area contributed by atoms with Crippen molar-refractivity contribution in [1.82, 2.24) is 14.6 Å². The molecule has 0 amide bonds. The van der Waals surface area contributed by atoms with Crippen molar-refractivity contribution in [2.24, 2.45) is 0 Å². The number of rotatable bonds is 2. The van der Waals surface area contributed by atoms with Gasteiger partial charge in [0, 0.05) is 16.8 Å². The average molecular weight is 321 g/mol. The van der Waals surface area contributed by atoms with Crippen LogP contribution in [0.3, 0.4) is 0 Å². The summed E-state index contributed by atoms with van der Waals surface area (Å²) < 4.78 is 28.1. The van der Waals surface area contributed by atoms with Crippen molar-refractivity contribution >= 4 is 23.1 Å². The van der Waals surface area contributed by atoms with Crippen LogP contribution in [0.4, 0.5) is 14.6 Å². The van der Waals surface area contributed by atoms with E-state index < -0.39 is 5.92 Å². The van der Waals surface area contributed by atoms with Crippen molar-refractivity contribution in [1.29, 1.82) is 0 Å². The highest BCUT2D eigenvalue weighted by Crippen LogP contribution is 2.38. The molecule has 2 aromatic heterocycles. The summed E-state index contributed by atoms with van der Waals surface area (Å²) in [4.78, 5) is 6.03. The van der Waals surface area contributed by atoms with Gasteiger partial charge in [0.15, 0.2) is 11.5 Å². The zero-order valence-corrected chi connectivity index (χ0v) is 12.1. The first kappa shape index (κ1) is 13.5. The van der Waals surface area contributed by atoms with Crippen molar-refractivity contribution in [2.75, 3.05) is 18.0 Å². The van der Waals surface area contributed by atoms with Crippen LogP contribution in [0.2, 0.25) is 5.02 Å². The van der Waals surface area contributed by atoms with Gasteiger partial charge >= 0.3 is 0 Å². The van der Waals surface area contributed by atoms with Crippen molar-refractivity contribution < 1.29 is 8.78 Å². The molecule has 3 aromatic rings. The van der Waals surface area contributed by atoms with Gasteiger partial charge in [0.25, 0.3) is 5.92 Å². The normalized spacial score (nSPS) is 16.8. The Balaban J connectivity index is 1.89. The number of anilines is 1. The van der Waals surface area contributed by atoms with Crippen LogP contribution in [0, 0.1) is 0 Å². The van der Waals surface area contributed by atoms with E-state index in [2.05, 4.69) is 10.1 Å². The van der Waals surface area contributed by atoms with E-state index in [1.54, 1.807) is 39.9 Å². The Hall–Kier alpha value is -2.21. The highest BCUT2D eigenvalue weighted by Gasteiger charge is 2.45. The minimum absolute atomic E-state index is 0.322. The summed E-state index contributed by atoms with van der Waals surface area (Å²) in [5.74, 6) is -2.13. The first-order valence-electron chi connectivity index (χ1n) is 6.76. The first-order chi connectivity index (χ1) is 10.5. The van der Waals surface area contributed by atoms with Gasteiger partial charge in [0.2, 0.25) is 0 Å². The fourth-order valence-electron chi connectivity index (χ4n) is 2.62. The lowest BCUT2D eigenvalue weighted by atomic mass is 10.1. The summed E-state index contributed by atoms with van der Waals surface area (Å²) in [6.45, 7) is -0.644. The summed E-state index contributed by atoms with van der Waals surface area (Å²) >= 11 is 5.92. The molecule has 1 aromatic carbocycles. The molecule has 0 N–H and O–H groups in total. The third-order valence-corrected chi connectivity index (χ3v) is 3.89. The standard InChI is InChI=1S/C15H11ClF2N4/c16-11-5-3-10(4-6-11)13-14(21-8-15(17,18)9-21)20-12-2-1-7-19-22(12)13/h1-7H,8-9H2. The number of aromatic nitrogens is 3. The third kappa shape index (κ3) is 2.11. The monoisotopic (exact) mass is 320 g/mol. The van der Waals surface area contributed by atoms with Crippen molar-refractivity contribution in [3.63, 3.8) is 0 Å². The molecule has 0 atom stereocenters. The predicted octanol–water partition coefficient (Wildman–Crippen LogP) is 3.51. The Morgan fingerprint density at radius 1 is 1.09 bits per heavy atom. The molecule has 0 saturated carbocycles. The van der Waals surface area contributed by atoms with E-state index in [0.717, 1.165) is 5.56 Å². The Labute approximate surface area is 129 Å². The zero-order chi connectivity index (χ0) is 15.3. The molecule has 112 valence electrons. The maximum atomic E-state index is 13.2. The van der Waals surface area contributed by atoms with E-state index >= 15 is 0 Å². The van der Waals surface area contributed by atoms with E-state index in [0.29, 0.717) is 22.2 Å². The number of imidazole rings is 1. The molecule has 4 rings (SSSR count). The quantitative estimate of drug-likeness (QED) is 0.724. The second kappa shape index (κ2) is 4.64. The summed E-state index contributed by atoms with van der Waals surface area (Å²) in [5.41, 5.74) is 2.15. The Bertz CT molecular complexity index is 836. The molecule has 0 unspecified atom stereocenters. The second-order valence-electron chi connectivity index (χ2n) is 5.30. The van der Waals surface area contributed by atoms with Crippen LogP contribution in [0.1, 0.15) is 0 Å². The van der Waals surface area contributed by atoms with Gasteiger partial charge in [-0.05, 0) is 24.3 Å². The average Bonchev–Trinajstić information content (AvgIpc) is 2.84. The number of hydrogen-bond donors (Lipinski definition) is 0. The van der Waals surface area contributed by atoms with Crippen LogP contribution in [0.25, 0.3) is 16.9 Å². The molecular formula is C15H11ClF2N4. The van der Waals surface area contributed by atoms with Gasteiger partial charge in [-0.3, -0.25) is 0 Å². The van der Waals surface area contributed by atoms with Gasteiger partial charge in [-0.1, -0.05) is 23.7 Å². The number of alkyl halides is 2. The highest BCUT2D eigenvalue weighted by molar-refractivity contribution is 6.30. The number of halogens is 3. The summed E-state index contributed by atoms with van der Waals surface area (Å²) in [6, 6.07) is 10.8. The maximum absolute atomic E-state index is 13.2. The minimum atomic E-state index is -2.65. The molecule has 3 heterocycles. The topological polar surface area (TPSA) is 33.4 Å². The SMILES string of the molecule is FC1(F)CN(c2nc3cccnn3c2-c2ccc(Cl)cc2)C1. The van der Waals surface area contributed by atoms with Crippen LogP contribution < -0.4 is 4.90 Å². The maximum Gasteiger partial charge on any atom is 0.282 e. The van der Waals surface area contributed by atoms with Crippen molar-refractivity contribution in [3.8, 4) is 11.3 Å². The number of nitrogens with zero attached hydrogens (tertiary/aromatic N) is 4. The molecule has 0 radical (unpaired) electrons. The molecule has 1 aliphatic heterocycles. The Morgan fingerprint density at radius 3 is 2.50 bits per heavy atom. The number of benzene rings is 1. The lowest BCUT2D eigenvalue weighted by Gasteiger charge is -2.39. The molecule has 4 nitrogen and oxygen atoms in total. The highest BCUT2D eigenvalue weighted by atomic mass is 35.5. The minimum Gasteiger partial charge on any atom is -0.343 e. The Kier molecular flexibility index (Phi) is 2.84. The van der Waals surface area contributed by atoms with Gasteiger partial charge < -0.3 is 4.90 Å². The van der Waals surface area contributed by atoms with E-state index in [1.165, 1.54) is 0 Å². The molecule has 7 heteroatoms. The van der Waals surface area contributed by atoms with Crippen molar-refractivity contribution in [3.05, 3.63) is 47.6 Å². The number of fused-ring (bicyclic) bond motifs is 1. The van der Waals surface area contributed by atoms with E-state index in [4.69, 9.17) is 11.6 Å².